The van der Waals surface area contributed by atoms with Crippen LogP contribution < -0.4 is 5.32 Å². The first kappa shape index (κ1) is 11.6. The molecule has 0 unspecified atom stereocenters. The molecule has 1 aliphatic rings. The van der Waals surface area contributed by atoms with Crippen LogP contribution in [0.25, 0.3) is 0 Å². The fraction of sp³-hybridized carbons (Fsp3) is 0.643. The van der Waals surface area contributed by atoms with Gasteiger partial charge in [0.15, 0.2) is 0 Å². The average molecular weight is 218 g/mol. The van der Waals surface area contributed by atoms with E-state index in [1.807, 2.05) is 12.4 Å². The van der Waals surface area contributed by atoms with Crippen molar-refractivity contribution in [3.05, 3.63) is 29.6 Å². The van der Waals surface area contributed by atoms with Crippen molar-refractivity contribution in [3.63, 3.8) is 0 Å². The fourth-order valence-electron chi connectivity index (χ4n) is 2.58. The molecule has 1 atom stereocenters. The van der Waals surface area contributed by atoms with Gasteiger partial charge < -0.3 is 5.32 Å². The number of nitrogens with zero attached hydrogens (tertiary/aromatic N) is 1. The number of nitrogens with one attached hydrogen (secondary N) is 1. The summed E-state index contributed by atoms with van der Waals surface area (Å²) in [4.78, 5) is 4.18. The van der Waals surface area contributed by atoms with Crippen molar-refractivity contribution in [2.75, 3.05) is 0 Å². The number of aromatic nitrogens is 1. The van der Waals surface area contributed by atoms with Gasteiger partial charge in [0, 0.05) is 25.0 Å². The number of pyridine rings is 1. The molecule has 0 bridgehead atoms. The lowest BCUT2D eigenvalue weighted by molar-refractivity contribution is 0.380. The first-order valence-electron chi connectivity index (χ1n) is 6.40. The molecule has 2 rings (SSSR count). The van der Waals surface area contributed by atoms with Crippen LogP contribution in [0.4, 0.5) is 0 Å². The molecule has 1 heterocycles. The van der Waals surface area contributed by atoms with Gasteiger partial charge in [-0.2, -0.15) is 0 Å². The van der Waals surface area contributed by atoms with Crippen molar-refractivity contribution in [3.8, 4) is 0 Å². The Morgan fingerprint density at radius 2 is 2.19 bits per heavy atom. The van der Waals surface area contributed by atoms with E-state index in [2.05, 4.69) is 30.2 Å². The predicted molar refractivity (Wildman–Crippen MR) is 67.2 cm³/mol. The van der Waals surface area contributed by atoms with Gasteiger partial charge in [0.1, 0.15) is 0 Å². The summed E-state index contributed by atoms with van der Waals surface area (Å²) in [7, 11) is 0. The quantitative estimate of drug-likeness (QED) is 0.840. The van der Waals surface area contributed by atoms with Crippen LogP contribution in [-0.4, -0.2) is 11.0 Å². The van der Waals surface area contributed by atoms with Crippen LogP contribution in [0.3, 0.4) is 0 Å². The van der Waals surface area contributed by atoms with Crippen LogP contribution in [0.2, 0.25) is 0 Å². The van der Waals surface area contributed by atoms with Gasteiger partial charge in [0.25, 0.3) is 0 Å². The van der Waals surface area contributed by atoms with Crippen LogP contribution in [-0.2, 0) is 6.54 Å². The molecular weight excluding hydrogens is 196 g/mol. The van der Waals surface area contributed by atoms with Crippen LogP contribution in [0, 0.1) is 12.8 Å². The van der Waals surface area contributed by atoms with Gasteiger partial charge in [-0.15, -0.1) is 0 Å². The van der Waals surface area contributed by atoms with E-state index in [1.54, 1.807) is 0 Å². The highest BCUT2D eigenvalue weighted by atomic mass is 14.9. The van der Waals surface area contributed by atoms with Gasteiger partial charge in [-0.05, 0) is 49.8 Å². The van der Waals surface area contributed by atoms with Crippen molar-refractivity contribution < 1.29 is 0 Å². The Hall–Kier alpha value is -0.890. The number of rotatable bonds is 4. The van der Waals surface area contributed by atoms with Crippen molar-refractivity contribution >= 4 is 0 Å². The molecule has 0 aromatic carbocycles. The molecule has 1 aromatic rings. The summed E-state index contributed by atoms with van der Waals surface area (Å²) < 4.78 is 0. The van der Waals surface area contributed by atoms with Crippen molar-refractivity contribution in [1.29, 1.82) is 0 Å². The van der Waals surface area contributed by atoms with Gasteiger partial charge in [0.05, 0.1) is 0 Å². The monoisotopic (exact) mass is 218 g/mol. The highest BCUT2D eigenvalue weighted by molar-refractivity contribution is 5.21. The van der Waals surface area contributed by atoms with Crippen LogP contribution in [0.5, 0.6) is 0 Å². The summed E-state index contributed by atoms with van der Waals surface area (Å²) in [5, 5.41) is 3.64. The third-order valence-corrected chi connectivity index (χ3v) is 3.87. The smallest absolute Gasteiger partial charge is 0.0315 e. The molecule has 88 valence electrons. The molecular formula is C14H22N2. The molecule has 2 nitrogen and oxygen atoms in total. The molecule has 1 aliphatic carbocycles. The van der Waals surface area contributed by atoms with E-state index in [1.165, 1.54) is 36.8 Å². The highest BCUT2D eigenvalue weighted by Gasteiger charge is 2.20. The highest BCUT2D eigenvalue weighted by Crippen LogP contribution is 2.27. The second-order valence-corrected chi connectivity index (χ2v) is 5.02. The Morgan fingerprint density at radius 1 is 1.44 bits per heavy atom. The lowest BCUT2D eigenvalue weighted by Crippen LogP contribution is -2.31. The topological polar surface area (TPSA) is 24.9 Å². The Labute approximate surface area is 98.5 Å². The third kappa shape index (κ3) is 2.82. The van der Waals surface area contributed by atoms with E-state index >= 15 is 0 Å². The summed E-state index contributed by atoms with van der Waals surface area (Å²) in [6.07, 6.45) is 9.48. The van der Waals surface area contributed by atoms with Crippen molar-refractivity contribution in [1.82, 2.24) is 10.3 Å². The van der Waals surface area contributed by atoms with E-state index < -0.39 is 0 Å². The molecule has 1 aromatic heterocycles. The van der Waals surface area contributed by atoms with Gasteiger partial charge in [-0.1, -0.05) is 12.8 Å². The zero-order valence-electron chi connectivity index (χ0n) is 10.4. The molecule has 1 N–H and O–H groups in total. The average Bonchev–Trinajstić information content (AvgIpc) is 2.81. The maximum atomic E-state index is 4.18. The van der Waals surface area contributed by atoms with E-state index in [4.69, 9.17) is 0 Å². The maximum Gasteiger partial charge on any atom is 0.0315 e. The maximum absolute atomic E-state index is 4.18. The largest absolute Gasteiger partial charge is 0.310 e. The van der Waals surface area contributed by atoms with Crippen molar-refractivity contribution in [2.45, 2.75) is 52.1 Å². The number of hydrogen-bond acceptors (Lipinski definition) is 2. The van der Waals surface area contributed by atoms with E-state index in [0.717, 1.165) is 12.5 Å². The minimum Gasteiger partial charge on any atom is -0.310 e. The number of hydrogen-bond donors (Lipinski definition) is 1. The number of aryl methyl sites for hydroxylation is 1. The van der Waals surface area contributed by atoms with Crippen LogP contribution >= 0.6 is 0 Å². The molecule has 0 radical (unpaired) electrons. The zero-order chi connectivity index (χ0) is 11.4. The van der Waals surface area contributed by atoms with Crippen molar-refractivity contribution in [2.24, 2.45) is 5.92 Å². The van der Waals surface area contributed by atoms with Gasteiger partial charge >= 0.3 is 0 Å². The molecule has 0 saturated heterocycles. The SMILES string of the molecule is Cc1ccncc1CN[C@H](C)C1CCCC1. The molecule has 0 aliphatic heterocycles. The third-order valence-electron chi connectivity index (χ3n) is 3.87. The van der Waals surface area contributed by atoms with Gasteiger partial charge in [-0.25, -0.2) is 0 Å². The second kappa shape index (κ2) is 5.44. The Bertz CT molecular complexity index is 329. The Kier molecular flexibility index (Phi) is 3.94. The van der Waals surface area contributed by atoms with E-state index in [-0.39, 0.29) is 0 Å². The summed E-state index contributed by atoms with van der Waals surface area (Å²) in [6.45, 7) is 5.43. The molecule has 0 amide bonds. The molecule has 2 heteroatoms. The van der Waals surface area contributed by atoms with Gasteiger partial charge in [-0.3, -0.25) is 4.98 Å². The summed E-state index contributed by atoms with van der Waals surface area (Å²) in [5.41, 5.74) is 2.66. The zero-order valence-corrected chi connectivity index (χ0v) is 10.4. The first-order chi connectivity index (χ1) is 7.77. The van der Waals surface area contributed by atoms with E-state index in [0.29, 0.717) is 6.04 Å². The molecule has 1 fully saturated rings. The standard InChI is InChI=1S/C14H22N2/c1-11-7-8-15-9-14(11)10-16-12(2)13-5-3-4-6-13/h7-9,12-13,16H,3-6,10H2,1-2H3/t12-/m1/s1. The van der Waals surface area contributed by atoms with Crippen LogP contribution in [0.1, 0.15) is 43.7 Å². The van der Waals surface area contributed by atoms with Crippen LogP contribution in [0.15, 0.2) is 18.5 Å². The van der Waals surface area contributed by atoms with E-state index in [9.17, 15) is 0 Å². The normalized spacial score (nSPS) is 18.9. The fourth-order valence-corrected chi connectivity index (χ4v) is 2.58. The molecule has 0 spiro atoms. The predicted octanol–water partition coefficient (Wildman–Crippen LogP) is 3.06. The second-order valence-electron chi connectivity index (χ2n) is 5.02. The Morgan fingerprint density at radius 3 is 2.88 bits per heavy atom. The lowest BCUT2D eigenvalue weighted by Gasteiger charge is -2.20. The Balaban J connectivity index is 1.84. The molecule has 1 saturated carbocycles. The minimum absolute atomic E-state index is 0.641. The lowest BCUT2D eigenvalue weighted by atomic mass is 9.99. The summed E-state index contributed by atoms with van der Waals surface area (Å²) >= 11 is 0. The van der Waals surface area contributed by atoms with Gasteiger partial charge in [0.2, 0.25) is 0 Å². The summed E-state index contributed by atoms with van der Waals surface area (Å²) in [6, 6.07) is 2.72. The molecule has 16 heavy (non-hydrogen) atoms. The summed E-state index contributed by atoms with van der Waals surface area (Å²) in [5.74, 6) is 0.886. The first-order valence-corrected chi connectivity index (χ1v) is 6.40. The minimum atomic E-state index is 0.641.